The molecular weight excluding hydrogens is 222 g/mol. The number of allylic oxidation sites excluding steroid dienone is 1. The van der Waals surface area contributed by atoms with E-state index >= 15 is 0 Å². The zero-order valence-electron chi connectivity index (χ0n) is 12.4. The molecule has 0 bridgehead atoms. The SMILES string of the molecule is C/C=C(\C(C)C1NCCN1)C(C)(C)N1CCCC1. The fourth-order valence-corrected chi connectivity index (χ4v) is 3.69. The quantitative estimate of drug-likeness (QED) is 0.748. The second-order valence-corrected chi connectivity index (χ2v) is 6.17. The fraction of sp³-hybridized carbons (Fsp3) is 0.867. The monoisotopic (exact) mass is 251 g/mol. The molecule has 2 fully saturated rings. The standard InChI is InChI=1S/C15H29N3/c1-5-13(12(2)14-16-8-9-17-14)15(3,4)18-10-6-7-11-18/h5,12,14,16-17H,6-11H2,1-4H3/b13-5+. The van der Waals surface area contributed by atoms with Gasteiger partial charge in [0.05, 0.1) is 6.17 Å². The van der Waals surface area contributed by atoms with Gasteiger partial charge < -0.3 is 10.6 Å². The summed E-state index contributed by atoms with van der Waals surface area (Å²) in [6, 6.07) is 0. The average molecular weight is 251 g/mol. The van der Waals surface area contributed by atoms with E-state index in [9.17, 15) is 0 Å². The number of hydrogen-bond acceptors (Lipinski definition) is 3. The number of likely N-dealkylation sites (tertiary alicyclic amines) is 1. The molecule has 1 unspecified atom stereocenters. The van der Waals surface area contributed by atoms with Crippen LogP contribution >= 0.6 is 0 Å². The average Bonchev–Trinajstić information content (AvgIpc) is 3.03. The molecule has 2 N–H and O–H groups in total. The minimum Gasteiger partial charge on any atom is -0.300 e. The van der Waals surface area contributed by atoms with Crippen molar-refractivity contribution in [1.82, 2.24) is 15.5 Å². The van der Waals surface area contributed by atoms with Gasteiger partial charge in [-0.25, -0.2) is 0 Å². The molecule has 2 rings (SSSR count). The van der Waals surface area contributed by atoms with Crippen LogP contribution < -0.4 is 10.6 Å². The highest BCUT2D eigenvalue weighted by Gasteiger charge is 2.37. The summed E-state index contributed by atoms with van der Waals surface area (Å²) in [4.78, 5) is 2.65. The van der Waals surface area contributed by atoms with Crippen LogP contribution in [0, 0.1) is 5.92 Å². The van der Waals surface area contributed by atoms with Gasteiger partial charge in [-0.3, -0.25) is 4.90 Å². The Bertz CT molecular complexity index is 297. The Labute approximate surface area is 112 Å². The maximum atomic E-state index is 3.56. The summed E-state index contributed by atoms with van der Waals surface area (Å²) in [5.74, 6) is 0.549. The van der Waals surface area contributed by atoms with Crippen LogP contribution in [-0.4, -0.2) is 42.8 Å². The molecule has 1 atom stereocenters. The van der Waals surface area contributed by atoms with Crippen molar-refractivity contribution in [3.8, 4) is 0 Å². The Balaban J connectivity index is 2.11. The summed E-state index contributed by atoms with van der Waals surface area (Å²) >= 11 is 0. The van der Waals surface area contributed by atoms with Crippen LogP contribution in [0.2, 0.25) is 0 Å². The smallest absolute Gasteiger partial charge is 0.0637 e. The van der Waals surface area contributed by atoms with Gasteiger partial charge in [-0.2, -0.15) is 0 Å². The minimum absolute atomic E-state index is 0.191. The maximum absolute atomic E-state index is 3.56. The van der Waals surface area contributed by atoms with E-state index in [4.69, 9.17) is 0 Å². The number of nitrogens with one attached hydrogen (secondary N) is 2. The molecule has 18 heavy (non-hydrogen) atoms. The van der Waals surface area contributed by atoms with Crippen LogP contribution in [0.4, 0.5) is 0 Å². The first kappa shape index (κ1) is 14.0. The van der Waals surface area contributed by atoms with Crippen molar-refractivity contribution >= 4 is 0 Å². The van der Waals surface area contributed by atoms with E-state index < -0.39 is 0 Å². The van der Waals surface area contributed by atoms with Gasteiger partial charge >= 0.3 is 0 Å². The lowest BCUT2D eigenvalue weighted by atomic mass is 9.82. The fourth-order valence-electron chi connectivity index (χ4n) is 3.69. The zero-order valence-corrected chi connectivity index (χ0v) is 12.4. The number of nitrogens with zero attached hydrogens (tertiary/aromatic N) is 1. The highest BCUT2D eigenvalue weighted by Crippen LogP contribution is 2.33. The Hall–Kier alpha value is -0.380. The molecule has 104 valence electrons. The first-order valence-electron chi connectivity index (χ1n) is 7.46. The van der Waals surface area contributed by atoms with Gasteiger partial charge in [0.15, 0.2) is 0 Å². The van der Waals surface area contributed by atoms with E-state index in [1.807, 2.05) is 0 Å². The van der Waals surface area contributed by atoms with E-state index in [1.165, 1.54) is 25.9 Å². The van der Waals surface area contributed by atoms with Crippen LogP contribution in [0.15, 0.2) is 11.6 Å². The Morgan fingerprint density at radius 3 is 2.28 bits per heavy atom. The van der Waals surface area contributed by atoms with Gasteiger partial charge in [-0.05, 0) is 52.3 Å². The molecule has 0 amide bonds. The molecule has 2 aliphatic rings. The van der Waals surface area contributed by atoms with E-state index in [2.05, 4.69) is 49.3 Å². The summed E-state index contributed by atoms with van der Waals surface area (Å²) < 4.78 is 0. The number of hydrogen-bond donors (Lipinski definition) is 2. The largest absolute Gasteiger partial charge is 0.300 e. The summed E-state index contributed by atoms with van der Waals surface area (Å²) in [6.07, 6.45) is 5.49. The number of rotatable bonds is 4. The van der Waals surface area contributed by atoms with Crippen molar-refractivity contribution in [2.24, 2.45) is 5.92 Å². The third-order valence-corrected chi connectivity index (χ3v) is 4.76. The first-order chi connectivity index (χ1) is 8.57. The molecule has 2 aliphatic heterocycles. The van der Waals surface area contributed by atoms with Crippen molar-refractivity contribution in [3.63, 3.8) is 0 Å². The Morgan fingerprint density at radius 2 is 1.78 bits per heavy atom. The molecule has 0 aromatic heterocycles. The molecule has 0 aliphatic carbocycles. The molecule has 0 spiro atoms. The van der Waals surface area contributed by atoms with E-state index in [1.54, 1.807) is 5.57 Å². The van der Waals surface area contributed by atoms with Crippen molar-refractivity contribution in [1.29, 1.82) is 0 Å². The molecule has 3 nitrogen and oxygen atoms in total. The van der Waals surface area contributed by atoms with Crippen LogP contribution in [0.1, 0.15) is 40.5 Å². The Kier molecular flexibility index (Phi) is 4.46. The van der Waals surface area contributed by atoms with Gasteiger partial charge in [0.2, 0.25) is 0 Å². The topological polar surface area (TPSA) is 27.3 Å². The van der Waals surface area contributed by atoms with E-state index in [0.29, 0.717) is 12.1 Å². The van der Waals surface area contributed by atoms with Crippen LogP contribution in [0.25, 0.3) is 0 Å². The van der Waals surface area contributed by atoms with Crippen molar-refractivity contribution in [2.75, 3.05) is 26.2 Å². The van der Waals surface area contributed by atoms with Gasteiger partial charge in [-0.15, -0.1) is 0 Å². The second-order valence-electron chi connectivity index (χ2n) is 6.17. The third-order valence-electron chi connectivity index (χ3n) is 4.76. The molecule has 0 aromatic rings. The van der Waals surface area contributed by atoms with Crippen molar-refractivity contribution in [3.05, 3.63) is 11.6 Å². The zero-order chi connectivity index (χ0) is 13.2. The lowest BCUT2D eigenvalue weighted by Crippen LogP contribution is -2.49. The van der Waals surface area contributed by atoms with Crippen LogP contribution in [-0.2, 0) is 0 Å². The van der Waals surface area contributed by atoms with Crippen molar-refractivity contribution in [2.45, 2.75) is 52.2 Å². The predicted molar refractivity (Wildman–Crippen MR) is 77.6 cm³/mol. The Morgan fingerprint density at radius 1 is 1.22 bits per heavy atom. The third kappa shape index (κ3) is 2.63. The summed E-state index contributed by atoms with van der Waals surface area (Å²) in [6.45, 7) is 14.0. The normalized spacial score (nSPS) is 25.9. The predicted octanol–water partition coefficient (Wildman–Crippen LogP) is 1.96. The lowest BCUT2D eigenvalue weighted by Gasteiger charge is -2.41. The molecule has 0 radical (unpaired) electrons. The van der Waals surface area contributed by atoms with Crippen LogP contribution in [0.3, 0.4) is 0 Å². The van der Waals surface area contributed by atoms with Gasteiger partial charge in [-0.1, -0.05) is 13.0 Å². The summed E-state index contributed by atoms with van der Waals surface area (Å²) in [7, 11) is 0. The van der Waals surface area contributed by atoms with Crippen molar-refractivity contribution < 1.29 is 0 Å². The first-order valence-corrected chi connectivity index (χ1v) is 7.46. The molecule has 0 saturated carbocycles. The van der Waals surface area contributed by atoms with E-state index in [0.717, 1.165) is 13.1 Å². The maximum Gasteiger partial charge on any atom is 0.0637 e. The summed E-state index contributed by atoms with van der Waals surface area (Å²) in [5, 5.41) is 7.13. The van der Waals surface area contributed by atoms with Gasteiger partial charge in [0, 0.05) is 24.5 Å². The molecule has 0 aromatic carbocycles. The van der Waals surface area contributed by atoms with E-state index in [-0.39, 0.29) is 5.54 Å². The molecule has 3 heteroatoms. The lowest BCUT2D eigenvalue weighted by molar-refractivity contribution is 0.172. The molecule has 2 saturated heterocycles. The highest BCUT2D eigenvalue weighted by atomic mass is 15.2. The highest BCUT2D eigenvalue weighted by molar-refractivity contribution is 5.22. The summed E-state index contributed by atoms with van der Waals surface area (Å²) in [5.41, 5.74) is 1.76. The van der Waals surface area contributed by atoms with Gasteiger partial charge in [0.1, 0.15) is 0 Å². The second kappa shape index (κ2) is 5.72. The minimum atomic E-state index is 0.191. The van der Waals surface area contributed by atoms with Crippen LogP contribution in [0.5, 0.6) is 0 Å². The molecular formula is C15H29N3. The van der Waals surface area contributed by atoms with Gasteiger partial charge in [0.25, 0.3) is 0 Å². The molecule has 2 heterocycles.